The summed E-state index contributed by atoms with van der Waals surface area (Å²) in [6, 6.07) is 5.58. The molecule has 0 bridgehead atoms. The van der Waals surface area contributed by atoms with Crippen LogP contribution in [0, 0.1) is 0 Å². The Labute approximate surface area is 86.8 Å². The van der Waals surface area contributed by atoms with Gasteiger partial charge in [0.25, 0.3) is 0 Å². The molecule has 0 unspecified atom stereocenters. The van der Waals surface area contributed by atoms with E-state index in [1.54, 1.807) is 17.8 Å². The van der Waals surface area contributed by atoms with Crippen LogP contribution in [0.15, 0.2) is 23.1 Å². The second-order valence-corrected chi connectivity index (χ2v) is 4.11. The molecule has 3 nitrogen and oxygen atoms in total. The van der Waals surface area contributed by atoms with Crippen molar-refractivity contribution in [2.45, 2.75) is 4.90 Å². The molecule has 1 aliphatic heterocycles. The van der Waals surface area contributed by atoms with E-state index in [-0.39, 0.29) is 5.97 Å². The minimum absolute atomic E-state index is 0.279. The highest BCUT2D eigenvalue weighted by Crippen LogP contribution is 2.31. The van der Waals surface area contributed by atoms with Crippen LogP contribution in [0.4, 0.5) is 5.69 Å². The molecule has 0 fully saturated rings. The van der Waals surface area contributed by atoms with Crippen LogP contribution in [0.1, 0.15) is 10.4 Å². The largest absolute Gasteiger partial charge is 0.465 e. The maximum atomic E-state index is 11.2. The Morgan fingerprint density at radius 2 is 2.43 bits per heavy atom. The first-order chi connectivity index (χ1) is 6.81. The van der Waals surface area contributed by atoms with E-state index in [0.717, 1.165) is 22.9 Å². The van der Waals surface area contributed by atoms with Gasteiger partial charge in [0, 0.05) is 22.9 Å². The Morgan fingerprint density at radius 3 is 3.21 bits per heavy atom. The summed E-state index contributed by atoms with van der Waals surface area (Å²) in [6.45, 7) is 0.981. The molecule has 1 aliphatic rings. The Bertz CT molecular complexity index is 365. The van der Waals surface area contributed by atoms with Gasteiger partial charge in [0.05, 0.1) is 12.7 Å². The fourth-order valence-corrected chi connectivity index (χ4v) is 2.31. The van der Waals surface area contributed by atoms with E-state index in [1.165, 1.54) is 7.11 Å². The highest BCUT2D eigenvalue weighted by atomic mass is 32.2. The highest BCUT2D eigenvalue weighted by Gasteiger charge is 2.12. The van der Waals surface area contributed by atoms with E-state index in [9.17, 15) is 4.79 Å². The van der Waals surface area contributed by atoms with Crippen molar-refractivity contribution in [1.29, 1.82) is 0 Å². The summed E-state index contributed by atoms with van der Waals surface area (Å²) < 4.78 is 4.66. The van der Waals surface area contributed by atoms with Gasteiger partial charge in [-0.25, -0.2) is 4.79 Å². The molecule has 1 heterocycles. The Kier molecular flexibility index (Phi) is 2.63. The van der Waals surface area contributed by atoms with Gasteiger partial charge in [0.2, 0.25) is 0 Å². The predicted octanol–water partition coefficient (Wildman–Crippen LogP) is 1.99. The van der Waals surface area contributed by atoms with Crippen molar-refractivity contribution < 1.29 is 9.53 Å². The lowest BCUT2D eigenvalue weighted by atomic mass is 10.2. The monoisotopic (exact) mass is 209 g/mol. The molecule has 1 aromatic rings. The lowest BCUT2D eigenvalue weighted by molar-refractivity contribution is 0.0600. The number of fused-ring (bicyclic) bond motifs is 1. The summed E-state index contributed by atoms with van der Waals surface area (Å²) >= 11 is 1.76. The maximum Gasteiger partial charge on any atom is 0.337 e. The number of rotatable bonds is 1. The molecule has 0 aromatic heterocycles. The third-order valence-corrected chi connectivity index (χ3v) is 3.13. The van der Waals surface area contributed by atoms with Crippen molar-refractivity contribution in [2.75, 3.05) is 24.7 Å². The molecular formula is C10H11NO2S. The topological polar surface area (TPSA) is 38.3 Å². The zero-order chi connectivity index (χ0) is 9.97. The number of methoxy groups -OCH3 is 1. The number of nitrogens with one attached hydrogen (secondary N) is 1. The van der Waals surface area contributed by atoms with Crippen molar-refractivity contribution in [1.82, 2.24) is 0 Å². The van der Waals surface area contributed by atoms with Crippen LogP contribution < -0.4 is 5.32 Å². The van der Waals surface area contributed by atoms with Crippen molar-refractivity contribution in [2.24, 2.45) is 0 Å². The van der Waals surface area contributed by atoms with Gasteiger partial charge in [-0.15, -0.1) is 11.8 Å². The standard InChI is InChI=1S/C10H11NO2S/c1-13-10(12)7-2-3-8-9(6-7)14-5-4-11-8/h2-3,6,11H,4-5H2,1H3. The van der Waals surface area contributed by atoms with Crippen LogP contribution in [0.25, 0.3) is 0 Å². The molecule has 0 spiro atoms. The van der Waals surface area contributed by atoms with E-state index < -0.39 is 0 Å². The van der Waals surface area contributed by atoms with Crippen LogP contribution >= 0.6 is 11.8 Å². The molecule has 0 radical (unpaired) electrons. The molecule has 0 saturated heterocycles. The van der Waals surface area contributed by atoms with Gasteiger partial charge in [0.1, 0.15) is 0 Å². The third kappa shape index (κ3) is 1.70. The highest BCUT2D eigenvalue weighted by molar-refractivity contribution is 7.99. The minimum Gasteiger partial charge on any atom is -0.465 e. The van der Waals surface area contributed by atoms with Crippen LogP contribution in [0.5, 0.6) is 0 Å². The lowest BCUT2D eigenvalue weighted by Gasteiger charge is -2.17. The molecule has 2 rings (SSSR count). The number of hydrogen-bond acceptors (Lipinski definition) is 4. The van der Waals surface area contributed by atoms with E-state index in [1.807, 2.05) is 12.1 Å². The summed E-state index contributed by atoms with van der Waals surface area (Å²) in [5.41, 5.74) is 1.72. The van der Waals surface area contributed by atoms with Crippen LogP contribution in [-0.4, -0.2) is 25.4 Å². The molecule has 4 heteroatoms. The SMILES string of the molecule is COC(=O)c1ccc2c(c1)SCCN2. The summed E-state index contributed by atoms with van der Waals surface area (Å²) in [6.07, 6.45) is 0. The first-order valence-corrected chi connectivity index (χ1v) is 5.39. The van der Waals surface area contributed by atoms with Crippen molar-refractivity contribution in [3.05, 3.63) is 23.8 Å². The average Bonchev–Trinajstić information content (AvgIpc) is 2.27. The smallest absolute Gasteiger partial charge is 0.337 e. The van der Waals surface area contributed by atoms with Crippen LogP contribution in [-0.2, 0) is 4.74 Å². The van der Waals surface area contributed by atoms with Gasteiger partial charge in [0.15, 0.2) is 0 Å². The Balaban J connectivity index is 2.33. The summed E-state index contributed by atoms with van der Waals surface area (Å²) in [4.78, 5) is 12.4. The predicted molar refractivity (Wildman–Crippen MR) is 57.0 cm³/mol. The quantitative estimate of drug-likeness (QED) is 0.718. The van der Waals surface area contributed by atoms with E-state index in [2.05, 4.69) is 10.1 Å². The first kappa shape index (κ1) is 9.40. The molecule has 0 atom stereocenters. The lowest BCUT2D eigenvalue weighted by Crippen LogP contribution is -2.11. The molecule has 74 valence electrons. The van der Waals surface area contributed by atoms with Gasteiger partial charge < -0.3 is 10.1 Å². The average molecular weight is 209 g/mol. The second kappa shape index (κ2) is 3.92. The van der Waals surface area contributed by atoms with Gasteiger partial charge in [-0.1, -0.05) is 0 Å². The number of carbonyl (C=O) groups excluding carboxylic acids is 1. The van der Waals surface area contributed by atoms with Gasteiger partial charge in [-0.3, -0.25) is 0 Å². The van der Waals surface area contributed by atoms with Gasteiger partial charge in [-0.05, 0) is 18.2 Å². The molecule has 0 aliphatic carbocycles. The Morgan fingerprint density at radius 1 is 1.57 bits per heavy atom. The summed E-state index contributed by atoms with van der Waals surface area (Å²) in [5, 5.41) is 3.27. The fraction of sp³-hybridized carbons (Fsp3) is 0.300. The summed E-state index contributed by atoms with van der Waals surface area (Å²) in [7, 11) is 1.40. The third-order valence-electron chi connectivity index (χ3n) is 2.08. The maximum absolute atomic E-state index is 11.2. The van der Waals surface area contributed by atoms with Gasteiger partial charge >= 0.3 is 5.97 Å². The molecule has 14 heavy (non-hydrogen) atoms. The number of thioether (sulfide) groups is 1. The number of ether oxygens (including phenoxy) is 1. The van der Waals surface area contributed by atoms with E-state index in [0.29, 0.717) is 5.56 Å². The number of hydrogen-bond donors (Lipinski definition) is 1. The molecule has 1 aromatic carbocycles. The second-order valence-electron chi connectivity index (χ2n) is 2.98. The van der Waals surface area contributed by atoms with E-state index >= 15 is 0 Å². The van der Waals surface area contributed by atoms with Crippen LogP contribution in [0.2, 0.25) is 0 Å². The molecule has 1 N–H and O–H groups in total. The molecular weight excluding hydrogens is 198 g/mol. The van der Waals surface area contributed by atoms with Crippen LogP contribution in [0.3, 0.4) is 0 Å². The van der Waals surface area contributed by atoms with Crippen molar-refractivity contribution in [3.8, 4) is 0 Å². The molecule has 0 saturated carbocycles. The van der Waals surface area contributed by atoms with Crippen molar-refractivity contribution >= 4 is 23.4 Å². The number of anilines is 1. The Hall–Kier alpha value is -1.16. The zero-order valence-corrected chi connectivity index (χ0v) is 8.69. The normalized spacial score (nSPS) is 14.1. The minimum atomic E-state index is -0.279. The fourth-order valence-electron chi connectivity index (χ4n) is 1.38. The molecule has 0 amide bonds. The summed E-state index contributed by atoms with van der Waals surface area (Å²) in [5.74, 6) is 0.761. The number of esters is 1. The van der Waals surface area contributed by atoms with Crippen molar-refractivity contribution in [3.63, 3.8) is 0 Å². The van der Waals surface area contributed by atoms with Gasteiger partial charge in [-0.2, -0.15) is 0 Å². The van der Waals surface area contributed by atoms with E-state index in [4.69, 9.17) is 0 Å². The number of benzene rings is 1. The first-order valence-electron chi connectivity index (χ1n) is 4.40. The zero-order valence-electron chi connectivity index (χ0n) is 7.87. The number of carbonyl (C=O) groups is 1.